The van der Waals surface area contributed by atoms with Crippen molar-refractivity contribution in [3.8, 4) is 0 Å². The molecule has 1 aromatic carbocycles. The fourth-order valence-electron chi connectivity index (χ4n) is 4.91. The molecule has 3 aromatic rings. The van der Waals surface area contributed by atoms with Crippen LogP contribution < -0.4 is 10.2 Å². The summed E-state index contributed by atoms with van der Waals surface area (Å²) in [5.41, 5.74) is 0. The molecule has 1 aliphatic heterocycles. The number of piperazine rings is 1. The van der Waals surface area contributed by atoms with Gasteiger partial charge in [0.1, 0.15) is 5.82 Å². The highest BCUT2D eigenvalue weighted by molar-refractivity contribution is 7.13. The van der Waals surface area contributed by atoms with Gasteiger partial charge in [0, 0.05) is 37.6 Å². The van der Waals surface area contributed by atoms with Gasteiger partial charge < -0.3 is 10.2 Å². The summed E-state index contributed by atoms with van der Waals surface area (Å²) < 4.78 is 6.01. The van der Waals surface area contributed by atoms with Crippen LogP contribution in [0.5, 0.6) is 0 Å². The summed E-state index contributed by atoms with van der Waals surface area (Å²) in [7, 11) is 0. The highest BCUT2D eigenvalue weighted by Gasteiger charge is 2.25. The van der Waals surface area contributed by atoms with E-state index in [1.807, 2.05) is 17.5 Å². The molecule has 0 spiro atoms. The Morgan fingerprint density at radius 3 is 2.61 bits per heavy atom. The first-order valence-corrected chi connectivity index (χ1v) is 13.1. The molecule has 3 heterocycles. The Morgan fingerprint density at radius 2 is 1.84 bits per heavy atom. The molecule has 0 atom stereocenters. The second kappa shape index (κ2) is 9.67. The number of nitrogens with one attached hydrogen (secondary N) is 1. The summed E-state index contributed by atoms with van der Waals surface area (Å²) in [6.45, 7) is 5.57. The normalized spacial score (nSPS) is 22.6. The number of amides is 1. The maximum atomic E-state index is 12.3. The van der Waals surface area contributed by atoms with Crippen molar-refractivity contribution in [1.82, 2.24) is 14.6 Å². The van der Waals surface area contributed by atoms with E-state index >= 15 is 0 Å². The number of nitrogens with zero attached hydrogens (tertiary/aromatic N) is 3. The number of aromatic nitrogens is 1. The monoisotopic (exact) mass is 454 g/mol. The minimum Gasteiger partial charge on any atom is -0.353 e. The Bertz CT molecular complexity index is 986. The minimum absolute atomic E-state index is 0.101. The van der Waals surface area contributed by atoms with Gasteiger partial charge in [0.05, 0.1) is 9.58 Å². The van der Waals surface area contributed by atoms with Crippen molar-refractivity contribution in [3.05, 3.63) is 46.7 Å². The number of carbonyl (C=O) groups is 1. The summed E-state index contributed by atoms with van der Waals surface area (Å²) in [6, 6.07) is 12.8. The second-order valence-electron chi connectivity index (χ2n) is 8.79. The minimum atomic E-state index is 0.101. The van der Waals surface area contributed by atoms with Crippen LogP contribution in [0.15, 0.2) is 41.8 Å². The third kappa shape index (κ3) is 4.94. The molecular formula is C24H30N4OS2. The molecule has 1 amide bonds. The van der Waals surface area contributed by atoms with Crippen LogP contribution in [-0.4, -0.2) is 53.9 Å². The molecule has 0 radical (unpaired) electrons. The van der Waals surface area contributed by atoms with Crippen LogP contribution in [0.25, 0.3) is 10.1 Å². The summed E-state index contributed by atoms with van der Waals surface area (Å²) in [5.74, 6) is 2.07. The number of hydrogen-bond donors (Lipinski definition) is 1. The average Bonchev–Trinajstić information content (AvgIpc) is 3.49. The van der Waals surface area contributed by atoms with E-state index in [2.05, 4.69) is 39.4 Å². The Balaban J connectivity index is 1.03. The Morgan fingerprint density at radius 1 is 1.03 bits per heavy atom. The van der Waals surface area contributed by atoms with Crippen LogP contribution in [0.4, 0.5) is 5.82 Å². The summed E-state index contributed by atoms with van der Waals surface area (Å²) >= 11 is 3.13. The molecule has 0 unspecified atom stereocenters. The van der Waals surface area contributed by atoms with E-state index in [-0.39, 0.29) is 5.91 Å². The maximum absolute atomic E-state index is 12.3. The van der Waals surface area contributed by atoms with Crippen molar-refractivity contribution in [2.75, 3.05) is 37.6 Å². The van der Waals surface area contributed by atoms with Gasteiger partial charge in [-0.1, -0.05) is 18.2 Å². The third-order valence-corrected chi connectivity index (χ3v) is 8.50. The summed E-state index contributed by atoms with van der Waals surface area (Å²) in [4.78, 5) is 18.2. The maximum Gasteiger partial charge on any atom is 0.261 e. The van der Waals surface area contributed by atoms with Crippen molar-refractivity contribution in [1.29, 1.82) is 0 Å². The van der Waals surface area contributed by atoms with Gasteiger partial charge in [-0.25, -0.2) is 0 Å². The van der Waals surface area contributed by atoms with Crippen molar-refractivity contribution in [2.24, 2.45) is 5.92 Å². The molecule has 2 aromatic heterocycles. The van der Waals surface area contributed by atoms with Crippen LogP contribution in [0, 0.1) is 5.92 Å². The number of fused-ring (bicyclic) bond motifs is 1. The summed E-state index contributed by atoms with van der Waals surface area (Å²) in [6.07, 6.45) is 5.99. The zero-order valence-electron chi connectivity index (χ0n) is 17.8. The Kier molecular flexibility index (Phi) is 6.53. The first-order chi connectivity index (χ1) is 15.3. The lowest BCUT2D eigenvalue weighted by atomic mass is 9.84. The third-order valence-electron chi connectivity index (χ3n) is 6.81. The number of thiophene rings is 1. The van der Waals surface area contributed by atoms with E-state index in [4.69, 9.17) is 4.37 Å². The molecule has 5 nitrogen and oxygen atoms in total. The lowest BCUT2D eigenvalue weighted by Crippen LogP contribution is -2.47. The van der Waals surface area contributed by atoms with Crippen LogP contribution in [-0.2, 0) is 0 Å². The van der Waals surface area contributed by atoms with E-state index in [9.17, 15) is 4.79 Å². The highest BCUT2D eigenvalue weighted by atomic mass is 32.1. The molecule has 2 aliphatic rings. The van der Waals surface area contributed by atoms with Gasteiger partial charge in [-0.15, -0.1) is 11.3 Å². The fraction of sp³-hybridized carbons (Fsp3) is 0.500. The van der Waals surface area contributed by atoms with Gasteiger partial charge in [0.15, 0.2) is 0 Å². The molecule has 1 aliphatic carbocycles. The van der Waals surface area contributed by atoms with Gasteiger partial charge in [-0.05, 0) is 79.7 Å². The Hall–Kier alpha value is -1.96. The SMILES string of the molecule is O=C(N[C@H]1CC[C@@H](CCN2CCN(c3nsc4ccccc34)CC2)CC1)c1cccs1. The average molecular weight is 455 g/mol. The van der Waals surface area contributed by atoms with E-state index in [1.165, 1.54) is 53.0 Å². The number of anilines is 1. The fourth-order valence-corrected chi connectivity index (χ4v) is 6.33. The second-order valence-corrected chi connectivity index (χ2v) is 10.5. The van der Waals surface area contributed by atoms with E-state index < -0.39 is 0 Å². The molecule has 1 saturated carbocycles. The number of rotatable bonds is 6. The predicted octanol–water partition coefficient (Wildman–Crippen LogP) is 4.86. The molecule has 2 fully saturated rings. The van der Waals surface area contributed by atoms with Crippen molar-refractivity contribution < 1.29 is 4.79 Å². The highest BCUT2D eigenvalue weighted by Crippen LogP contribution is 2.30. The van der Waals surface area contributed by atoms with E-state index in [0.29, 0.717) is 6.04 Å². The van der Waals surface area contributed by atoms with Gasteiger partial charge in [0.2, 0.25) is 0 Å². The van der Waals surface area contributed by atoms with Gasteiger partial charge in [-0.2, -0.15) is 4.37 Å². The van der Waals surface area contributed by atoms with E-state index in [0.717, 1.165) is 49.8 Å². The van der Waals surface area contributed by atoms with Crippen LogP contribution in [0.2, 0.25) is 0 Å². The largest absolute Gasteiger partial charge is 0.353 e. The number of hydrogen-bond acceptors (Lipinski definition) is 6. The lowest BCUT2D eigenvalue weighted by molar-refractivity contribution is 0.0924. The Labute approximate surface area is 192 Å². The molecule has 31 heavy (non-hydrogen) atoms. The van der Waals surface area contributed by atoms with Crippen LogP contribution in [0.1, 0.15) is 41.8 Å². The number of carbonyl (C=O) groups excluding carboxylic acids is 1. The predicted molar refractivity (Wildman–Crippen MR) is 130 cm³/mol. The first-order valence-electron chi connectivity index (χ1n) is 11.4. The van der Waals surface area contributed by atoms with Gasteiger partial charge in [0.25, 0.3) is 5.91 Å². The van der Waals surface area contributed by atoms with Crippen LogP contribution in [0.3, 0.4) is 0 Å². The molecule has 1 N–H and O–H groups in total. The van der Waals surface area contributed by atoms with Gasteiger partial charge >= 0.3 is 0 Å². The van der Waals surface area contributed by atoms with Crippen molar-refractivity contribution >= 4 is 44.7 Å². The molecule has 1 saturated heterocycles. The van der Waals surface area contributed by atoms with Crippen molar-refractivity contribution in [2.45, 2.75) is 38.1 Å². The zero-order chi connectivity index (χ0) is 21.0. The first kappa shape index (κ1) is 20.9. The quantitative estimate of drug-likeness (QED) is 0.578. The number of benzene rings is 1. The molecule has 5 rings (SSSR count). The van der Waals surface area contributed by atoms with Crippen molar-refractivity contribution in [3.63, 3.8) is 0 Å². The summed E-state index contributed by atoms with van der Waals surface area (Å²) in [5, 5.41) is 6.49. The van der Waals surface area contributed by atoms with Gasteiger partial charge in [-0.3, -0.25) is 9.69 Å². The molecule has 164 valence electrons. The standard InChI is InChI=1S/C24H30N4OS2/c29-24(22-6-3-17-30-22)25-19-9-7-18(8-10-19)11-12-27-13-15-28(16-14-27)23-20-4-1-2-5-21(20)31-26-23/h1-6,17-19H,7-16H2,(H,25,29)/t18-,19+. The molecular weight excluding hydrogens is 424 g/mol. The molecule has 7 heteroatoms. The zero-order valence-corrected chi connectivity index (χ0v) is 19.5. The molecule has 0 bridgehead atoms. The lowest BCUT2D eigenvalue weighted by Gasteiger charge is -2.36. The topological polar surface area (TPSA) is 48.5 Å². The van der Waals surface area contributed by atoms with E-state index in [1.54, 1.807) is 11.5 Å². The van der Waals surface area contributed by atoms with Crippen LogP contribution >= 0.6 is 22.9 Å². The smallest absolute Gasteiger partial charge is 0.261 e.